The van der Waals surface area contributed by atoms with E-state index in [-0.39, 0.29) is 23.6 Å². The van der Waals surface area contributed by atoms with Crippen molar-refractivity contribution in [3.63, 3.8) is 0 Å². The van der Waals surface area contributed by atoms with Crippen LogP contribution in [0.1, 0.15) is 0 Å². The average Bonchev–Trinajstić information content (AvgIpc) is 3.04. The fourth-order valence-electron chi connectivity index (χ4n) is 2.86. The number of carbonyl (C=O) groups is 1. The molecule has 2 N–H and O–H groups in total. The Balaban J connectivity index is 1.67. The molecule has 0 unspecified atom stereocenters. The molecule has 0 aliphatic carbocycles. The maximum absolute atomic E-state index is 12.5. The van der Waals surface area contributed by atoms with Gasteiger partial charge in [-0.3, -0.25) is 24.1 Å². The number of H-pyrrole nitrogens is 1. The fourth-order valence-corrected chi connectivity index (χ4v) is 2.86. The van der Waals surface area contributed by atoms with Gasteiger partial charge in [0.15, 0.2) is 11.2 Å². The third kappa shape index (κ3) is 2.55. The maximum atomic E-state index is 12.5. The number of anilines is 1. The Morgan fingerprint density at radius 3 is 2.88 bits per heavy atom. The van der Waals surface area contributed by atoms with E-state index in [1.54, 1.807) is 24.4 Å². The van der Waals surface area contributed by atoms with Crippen molar-refractivity contribution in [3.05, 3.63) is 63.7 Å². The van der Waals surface area contributed by atoms with Gasteiger partial charge in [-0.1, -0.05) is 6.07 Å². The van der Waals surface area contributed by atoms with Crippen molar-refractivity contribution < 1.29 is 4.79 Å². The van der Waals surface area contributed by atoms with Crippen molar-refractivity contribution in [3.8, 4) is 0 Å². The van der Waals surface area contributed by atoms with E-state index in [9.17, 15) is 14.4 Å². The first-order valence-corrected chi connectivity index (χ1v) is 7.82. The Bertz CT molecular complexity index is 1260. The Kier molecular flexibility index (Phi) is 3.61. The number of hydrogen-bond donors (Lipinski definition) is 2. The number of amides is 1. The molecule has 3 heterocycles. The van der Waals surface area contributed by atoms with Crippen LogP contribution in [0.2, 0.25) is 0 Å². The number of fused-ring (bicyclic) bond motifs is 2. The van der Waals surface area contributed by atoms with Crippen molar-refractivity contribution in [2.45, 2.75) is 6.54 Å². The van der Waals surface area contributed by atoms with E-state index in [1.807, 2.05) is 12.1 Å². The lowest BCUT2D eigenvalue weighted by atomic mass is 10.2. The van der Waals surface area contributed by atoms with Crippen LogP contribution in [0.25, 0.3) is 22.1 Å². The van der Waals surface area contributed by atoms with Crippen LogP contribution in [0.4, 0.5) is 5.69 Å². The Labute approximate surface area is 145 Å². The molecule has 0 fully saturated rings. The van der Waals surface area contributed by atoms with Crippen molar-refractivity contribution in [2.75, 3.05) is 5.32 Å². The van der Waals surface area contributed by atoms with Gasteiger partial charge >= 0.3 is 5.69 Å². The zero-order valence-corrected chi connectivity index (χ0v) is 13.8. The third-order valence-corrected chi connectivity index (χ3v) is 4.11. The van der Waals surface area contributed by atoms with E-state index in [0.717, 1.165) is 10.9 Å². The SMILES string of the molecule is Cn1c(=O)[nH]c(=O)c2c1ncn2CC(=O)Nc1cccc2ncccc12. The summed E-state index contributed by atoms with van der Waals surface area (Å²) in [6.07, 6.45) is 3.05. The van der Waals surface area contributed by atoms with E-state index in [1.165, 1.54) is 22.5 Å². The van der Waals surface area contributed by atoms with Crippen molar-refractivity contribution in [1.29, 1.82) is 0 Å². The fraction of sp³-hybridized carbons (Fsp3) is 0.118. The van der Waals surface area contributed by atoms with Gasteiger partial charge in [0.05, 0.1) is 17.5 Å². The van der Waals surface area contributed by atoms with Gasteiger partial charge < -0.3 is 9.88 Å². The first-order chi connectivity index (χ1) is 12.5. The number of nitrogens with zero attached hydrogens (tertiary/aromatic N) is 4. The minimum absolute atomic E-state index is 0.117. The number of aryl methyl sites for hydroxylation is 1. The van der Waals surface area contributed by atoms with Gasteiger partial charge in [-0.25, -0.2) is 9.78 Å². The lowest BCUT2D eigenvalue weighted by Crippen LogP contribution is -2.30. The molecule has 26 heavy (non-hydrogen) atoms. The van der Waals surface area contributed by atoms with E-state index >= 15 is 0 Å². The van der Waals surface area contributed by atoms with Gasteiger partial charge in [-0.15, -0.1) is 0 Å². The molecule has 9 heteroatoms. The summed E-state index contributed by atoms with van der Waals surface area (Å²) < 4.78 is 2.63. The summed E-state index contributed by atoms with van der Waals surface area (Å²) in [5.74, 6) is -0.325. The second-order valence-corrected chi connectivity index (χ2v) is 5.79. The molecular weight excluding hydrogens is 336 g/mol. The summed E-state index contributed by atoms with van der Waals surface area (Å²) in [7, 11) is 1.50. The molecule has 4 aromatic rings. The lowest BCUT2D eigenvalue weighted by Gasteiger charge is -2.09. The first kappa shape index (κ1) is 15.8. The maximum Gasteiger partial charge on any atom is 0.329 e. The van der Waals surface area contributed by atoms with Crippen LogP contribution in [0.3, 0.4) is 0 Å². The molecule has 0 aliphatic rings. The molecule has 9 nitrogen and oxygen atoms in total. The number of hydrogen-bond acceptors (Lipinski definition) is 5. The number of rotatable bonds is 3. The second-order valence-electron chi connectivity index (χ2n) is 5.79. The molecule has 1 aromatic carbocycles. The molecule has 1 amide bonds. The van der Waals surface area contributed by atoms with Gasteiger partial charge in [0.1, 0.15) is 6.54 Å². The molecule has 4 rings (SSSR count). The monoisotopic (exact) mass is 350 g/mol. The third-order valence-electron chi connectivity index (χ3n) is 4.11. The highest BCUT2D eigenvalue weighted by molar-refractivity contribution is 6.01. The summed E-state index contributed by atoms with van der Waals surface area (Å²) in [4.78, 5) is 46.7. The summed E-state index contributed by atoms with van der Waals surface area (Å²) >= 11 is 0. The van der Waals surface area contributed by atoms with Crippen LogP contribution in [0.15, 0.2) is 52.4 Å². The Hall–Kier alpha value is -3.75. The number of pyridine rings is 1. The second kappa shape index (κ2) is 5.96. The predicted octanol–water partition coefficient (Wildman–Crippen LogP) is 0.610. The molecule has 3 aromatic heterocycles. The molecule has 0 aliphatic heterocycles. The highest BCUT2D eigenvalue weighted by atomic mass is 16.2. The summed E-state index contributed by atoms with van der Waals surface area (Å²) in [5.41, 5.74) is 0.655. The van der Waals surface area contributed by atoms with Gasteiger partial charge in [0.25, 0.3) is 5.56 Å². The molecule has 0 bridgehead atoms. The topological polar surface area (TPSA) is 115 Å². The van der Waals surface area contributed by atoms with Crippen LogP contribution < -0.4 is 16.6 Å². The molecule has 0 spiro atoms. The van der Waals surface area contributed by atoms with E-state index in [2.05, 4.69) is 20.3 Å². The minimum atomic E-state index is -0.581. The molecule has 0 saturated heterocycles. The smallest absolute Gasteiger partial charge is 0.324 e. The largest absolute Gasteiger partial charge is 0.329 e. The molecule has 130 valence electrons. The zero-order valence-electron chi connectivity index (χ0n) is 13.8. The normalized spacial score (nSPS) is 11.1. The molecule has 0 saturated carbocycles. The van der Waals surface area contributed by atoms with E-state index < -0.39 is 11.2 Å². The quantitative estimate of drug-likeness (QED) is 0.562. The molecule has 0 radical (unpaired) electrons. The van der Waals surface area contributed by atoms with E-state index in [4.69, 9.17) is 0 Å². The van der Waals surface area contributed by atoms with Crippen LogP contribution in [-0.4, -0.2) is 30.0 Å². The van der Waals surface area contributed by atoms with Gasteiger partial charge in [-0.05, 0) is 24.3 Å². The van der Waals surface area contributed by atoms with Crippen molar-refractivity contribution >= 4 is 33.7 Å². The molecule has 0 atom stereocenters. The summed E-state index contributed by atoms with van der Waals surface area (Å²) in [5, 5.41) is 3.64. The summed E-state index contributed by atoms with van der Waals surface area (Å²) in [6, 6.07) is 9.10. The lowest BCUT2D eigenvalue weighted by molar-refractivity contribution is -0.116. The molecular formula is C17H14N6O3. The number of nitrogens with one attached hydrogen (secondary N) is 2. The number of aromatic amines is 1. The first-order valence-electron chi connectivity index (χ1n) is 7.82. The van der Waals surface area contributed by atoms with Gasteiger partial charge in [0.2, 0.25) is 5.91 Å². The number of aromatic nitrogens is 5. The van der Waals surface area contributed by atoms with Gasteiger partial charge in [-0.2, -0.15) is 0 Å². The van der Waals surface area contributed by atoms with Crippen LogP contribution >= 0.6 is 0 Å². The van der Waals surface area contributed by atoms with Crippen molar-refractivity contribution in [1.82, 2.24) is 24.1 Å². The number of imidazole rings is 1. The number of carbonyl (C=O) groups excluding carboxylic acids is 1. The van der Waals surface area contributed by atoms with Crippen LogP contribution in [0, 0.1) is 0 Å². The van der Waals surface area contributed by atoms with E-state index in [0.29, 0.717) is 5.69 Å². The number of benzene rings is 1. The van der Waals surface area contributed by atoms with Gasteiger partial charge in [0, 0.05) is 18.6 Å². The summed E-state index contributed by atoms with van der Waals surface area (Å²) in [6.45, 7) is -0.117. The standard InChI is InChI=1S/C17H14N6O3/c1-22-15-14(16(25)21-17(22)26)23(9-19-15)8-13(24)20-12-6-2-5-11-10(12)4-3-7-18-11/h2-7,9H,8H2,1H3,(H,20,24)(H,21,25,26). The highest BCUT2D eigenvalue weighted by Gasteiger charge is 2.14. The minimum Gasteiger partial charge on any atom is -0.324 e. The van der Waals surface area contributed by atoms with Crippen LogP contribution in [-0.2, 0) is 18.4 Å². The van der Waals surface area contributed by atoms with Crippen molar-refractivity contribution in [2.24, 2.45) is 7.05 Å². The predicted molar refractivity (Wildman–Crippen MR) is 96.0 cm³/mol. The average molecular weight is 350 g/mol. The Morgan fingerprint density at radius 1 is 1.19 bits per heavy atom. The van der Waals surface area contributed by atoms with Crippen LogP contribution in [0.5, 0.6) is 0 Å². The highest BCUT2D eigenvalue weighted by Crippen LogP contribution is 2.21. The zero-order chi connectivity index (χ0) is 18.3. The Morgan fingerprint density at radius 2 is 2.04 bits per heavy atom.